The molecule has 1 aliphatic carbocycles. The van der Waals surface area contributed by atoms with Crippen molar-refractivity contribution in [3.05, 3.63) is 23.3 Å². The summed E-state index contributed by atoms with van der Waals surface area (Å²) in [6.07, 6.45) is 2.42. The molecule has 2 N–H and O–H groups in total. The second-order valence-corrected chi connectivity index (χ2v) is 6.41. The first-order chi connectivity index (χ1) is 7.78. The fourth-order valence-electron chi connectivity index (χ4n) is 2.79. The average molecular weight is 233 g/mol. The zero-order valence-corrected chi connectivity index (χ0v) is 11.6. The summed E-state index contributed by atoms with van der Waals surface area (Å²) < 4.78 is 5.35. The summed E-state index contributed by atoms with van der Waals surface area (Å²) >= 11 is 0. The van der Waals surface area contributed by atoms with E-state index in [9.17, 15) is 0 Å². The van der Waals surface area contributed by atoms with Crippen LogP contribution in [0.1, 0.15) is 51.7 Å². The smallest absolute Gasteiger partial charge is 0.142 e. The Hall–Kier alpha value is -1.18. The first-order valence-electron chi connectivity index (χ1n) is 6.26. The maximum absolute atomic E-state index is 6.04. The van der Waals surface area contributed by atoms with Gasteiger partial charge in [0.25, 0.3) is 0 Å². The van der Waals surface area contributed by atoms with Crippen LogP contribution in [0, 0.1) is 0 Å². The van der Waals surface area contributed by atoms with Gasteiger partial charge in [0, 0.05) is 0 Å². The van der Waals surface area contributed by atoms with Crippen molar-refractivity contribution in [2.24, 2.45) is 0 Å². The molecule has 94 valence electrons. The number of hydrogen-bond acceptors (Lipinski definition) is 2. The van der Waals surface area contributed by atoms with E-state index in [-0.39, 0.29) is 10.8 Å². The third-order valence-electron chi connectivity index (χ3n) is 4.20. The number of nitrogens with two attached hydrogens (primary N) is 1. The molecular formula is C15H23NO. The minimum atomic E-state index is 0.214. The lowest BCUT2D eigenvalue weighted by Crippen LogP contribution is -2.33. The molecule has 1 aromatic rings. The lowest BCUT2D eigenvalue weighted by molar-refractivity contribution is 0.329. The predicted octanol–water partition coefficient (Wildman–Crippen LogP) is 3.63. The normalized spacial score (nSPS) is 20.8. The fourth-order valence-corrected chi connectivity index (χ4v) is 2.79. The molecule has 1 aliphatic rings. The summed E-state index contributed by atoms with van der Waals surface area (Å²) in [7, 11) is 1.68. The standard InChI is InChI=1S/C15H23NO/c1-14(2)6-7-15(3,4)11-9-13(17-5)12(16)8-10(11)14/h8-9H,6-7,16H2,1-5H3. The molecular weight excluding hydrogens is 210 g/mol. The molecule has 0 atom stereocenters. The molecule has 2 nitrogen and oxygen atoms in total. The summed E-state index contributed by atoms with van der Waals surface area (Å²) in [4.78, 5) is 0. The summed E-state index contributed by atoms with van der Waals surface area (Å²) in [5, 5.41) is 0. The summed E-state index contributed by atoms with van der Waals surface area (Å²) in [5.41, 5.74) is 9.98. The van der Waals surface area contributed by atoms with E-state index in [2.05, 4.69) is 39.8 Å². The van der Waals surface area contributed by atoms with E-state index in [1.165, 1.54) is 24.0 Å². The molecule has 0 radical (unpaired) electrons. The topological polar surface area (TPSA) is 35.2 Å². The third kappa shape index (κ3) is 1.90. The van der Waals surface area contributed by atoms with Crippen LogP contribution in [0.2, 0.25) is 0 Å². The highest BCUT2D eigenvalue weighted by atomic mass is 16.5. The van der Waals surface area contributed by atoms with Gasteiger partial charge in [-0.15, -0.1) is 0 Å². The Morgan fingerprint density at radius 3 is 1.94 bits per heavy atom. The zero-order chi connectivity index (χ0) is 12.8. The molecule has 0 saturated heterocycles. The lowest BCUT2D eigenvalue weighted by Gasteiger charge is -2.42. The van der Waals surface area contributed by atoms with Crippen LogP contribution in [-0.2, 0) is 10.8 Å². The lowest BCUT2D eigenvalue weighted by atomic mass is 9.63. The van der Waals surface area contributed by atoms with Crippen molar-refractivity contribution in [3.8, 4) is 5.75 Å². The van der Waals surface area contributed by atoms with Crippen LogP contribution in [0.15, 0.2) is 12.1 Å². The molecule has 2 rings (SSSR count). The van der Waals surface area contributed by atoms with Crippen molar-refractivity contribution in [1.82, 2.24) is 0 Å². The van der Waals surface area contributed by atoms with Gasteiger partial charge in [0.1, 0.15) is 5.75 Å². The van der Waals surface area contributed by atoms with Gasteiger partial charge < -0.3 is 10.5 Å². The molecule has 0 fully saturated rings. The summed E-state index contributed by atoms with van der Waals surface area (Å²) in [6, 6.07) is 4.24. The highest BCUT2D eigenvalue weighted by Gasteiger charge is 2.37. The molecule has 2 heteroatoms. The molecule has 1 aromatic carbocycles. The van der Waals surface area contributed by atoms with Crippen LogP contribution in [0.4, 0.5) is 5.69 Å². The van der Waals surface area contributed by atoms with Crippen molar-refractivity contribution in [2.45, 2.75) is 51.4 Å². The van der Waals surface area contributed by atoms with Gasteiger partial charge in [-0.3, -0.25) is 0 Å². The monoisotopic (exact) mass is 233 g/mol. The van der Waals surface area contributed by atoms with Crippen molar-refractivity contribution in [2.75, 3.05) is 12.8 Å². The van der Waals surface area contributed by atoms with Gasteiger partial charge >= 0.3 is 0 Å². The van der Waals surface area contributed by atoms with Crippen molar-refractivity contribution >= 4 is 5.69 Å². The SMILES string of the molecule is COc1cc2c(cc1N)C(C)(C)CCC2(C)C. The Balaban J connectivity index is 2.68. The maximum atomic E-state index is 6.04. The van der Waals surface area contributed by atoms with E-state index in [4.69, 9.17) is 10.5 Å². The second kappa shape index (κ2) is 3.66. The third-order valence-corrected chi connectivity index (χ3v) is 4.20. The number of methoxy groups -OCH3 is 1. The molecule has 0 aromatic heterocycles. The van der Waals surface area contributed by atoms with Gasteiger partial charge in [-0.2, -0.15) is 0 Å². The Bertz CT molecular complexity index is 446. The fraction of sp³-hybridized carbons (Fsp3) is 0.600. The van der Waals surface area contributed by atoms with Crippen LogP contribution in [0.25, 0.3) is 0 Å². The van der Waals surface area contributed by atoms with E-state index in [0.29, 0.717) is 0 Å². The van der Waals surface area contributed by atoms with E-state index in [1.807, 2.05) is 0 Å². The Morgan fingerprint density at radius 1 is 1.00 bits per heavy atom. The number of nitrogen functional groups attached to an aromatic ring is 1. The summed E-state index contributed by atoms with van der Waals surface area (Å²) in [5.74, 6) is 0.800. The quantitative estimate of drug-likeness (QED) is 0.752. The molecule has 0 bridgehead atoms. The number of anilines is 1. The highest BCUT2D eigenvalue weighted by Crippen LogP contribution is 2.48. The van der Waals surface area contributed by atoms with Crippen LogP contribution in [0.5, 0.6) is 5.75 Å². The Labute approximate surface area is 104 Å². The summed E-state index contributed by atoms with van der Waals surface area (Å²) in [6.45, 7) is 9.20. The zero-order valence-electron chi connectivity index (χ0n) is 11.6. The van der Waals surface area contributed by atoms with E-state index >= 15 is 0 Å². The van der Waals surface area contributed by atoms with Crippen molar-refractivity contribution in [3.63, 3.8) is 0 Å². The van der Waals surface area contributed by atoms with Gasteiger partial charge in [0.2, 0.25) is 0 Å². The van der Waals surface area contributed by atoms with Gasteiger partial charge in [-0.1, -0.05) is 27.7 Å². The maximum Gasteiger partial charge on any atom is 0.142 e. The van der Waals surface area contributed by atoms with E-state index in [1.54, 1.807) is 7.11 Å². The number of ether oxygens (including phenoxy) is 1. The number of rotatable bonds is 1. The first kappa shape index (κ1) is 12.3. The number of hydrogen-bond donors (Lipinski definition) is 1. The second-order valence-electron chi connectivity index (χ2n) is 6.41. The highest BCUT2D eigenvalue weighted by molar-refractivity contribution is 5.60. The van der Waals surface area contributed by atoms with Crippen molar-refractivity contribution < 1.29 is 4.74 Å². The largest absolute Gasteiger partial charge is 0.495 e. The predicted molar refractivity (Wildman–Crippen MR) is 72.7 cm³/mol. The average Bonchev–Trinajstić information content (AvgIpc) is 2.24. The Morgan fingerprint density at radius 2 is 1.47 bits per heavy atom. The molecule has 0 spiro atoms. The van der Waals surface area contributed by atoms with Crippen LogP contribution < -0.4 is 10.5 Å². The van der Waals surface area contributed by atoms with Gasteiger partial charge in [0.15, 0.2) is 0 Å². The molecule has 0 unspecified atom stereocenters. The molecule has 0 saturated carbocycles. The molecule has 17 heavy (non-hydrogen) atoms. The van der Waals surface area contributed by atoms with Crippen LogP contribution in [0.3, 0.4) is 0 Å². The first-order valence-corrected chi connectivity index (χ1v) is 6.26. The minimum absolute atomic E-state index is 0.214. The van der Waals surface area contributed by atoms with Gasteiger partial charge in [0.05, 0.1) is 12.8 Å². The number of fused-ring (bicyclic) bond motifs is 1. The van der Waals surface area contributed by atoms with Crippen LogP contribution >= 0.6 is 0 Å². The minimum Gasteiger partial charge on any atom is -0.495 e. The van der Waals surface area contributed by atoms with Crippen molar-refractivity contribution in [1.29, 1.82) is 0 Å². The van der Waals surface area contributed by atoms with Crippen LogP contribution in [-0.4, -0.2) is 7.11 Å². The Kier molecular flexibility index (Phi) is 2.64. The molecule has 0 amide bonds. The number of benzene rings is 1. The van der Waals surface area contributed by atoms with Gasteiger partial charge in [-0.25, -0.2) is 0 Å². The molecule has 0 heterocycles. The molecule has 0 aliphatic heterocycles. The van der Waals surface area contributed by atoms with E-state index in [0.717, 1.165) is 11.4 Å². The van der Waals surface area contributed by atoms with Gasteiger partial charge in [-0.05, 0) is 46.9 Å². The van der Waals surface area contributed by atoms with E-state index < -0.39 is 0 Å².